The summed E-state index contributed by atoms with van der Waals surface area (Å²) in [5.74, 6) is -1.97. The highest BCUT2D eigenvalue weighted by Gasteiger charge is 2.44. The van der Waals surface area contributed by atoms with Crippen LogP contribution in [0.4, 0.5) is 5.69 Å². The molecule has 1 N–H and O–H groups in total. The van der Waals surface area contributed by atoms with E-state index in [0.717, 1.165) is 56.3 Å². The zero-order valence-electron chi connectivity index (χ0n) is 17.0. The van der Waals surface area contributed by atoms with Gasteiger partial charge in [-0.05, 0) is 24.6 Å². The van der Waals surface area contributed by atoms with E-state index in [4.69, 9.17) is 0 Å². The van der Waals surface area contributed by atoms with Crippen molar-refractivity contribution in [1.29, 1.82) is 0 Å². The average Bonchev–Trinajstić information content (AvgIpc) is 2.98. The Balaban J connectivity index is 1.28. The molecule has 5 rings (SSSR count). The second-order valence-electron chi connectivity index (χ2n) is 8.41. The Labute approximate surface area is 178 Å². The molecule has 0 saturated carbocycles. The van der Waals surface area contributed by atoms with Gasteiger partial charge in [-0.25, -0.2) is 0 Å². The Hall–Kier alpha value is -3.27. The number of piperazine rings is 1. The van der Waals surface area contributed by atoms with Crippen molar-refractivity contribution in [2.24, 2.45) is 0 Å². The molecule has 10 nitrogen and oxygen atoms in total. The minimum atomic E-state index is -0.953. The predicted molar refractivity (Wildman–Crippen MR) is 108 cm³/mol. The van der Waals surface area contributed by atoms with Crippen molar-refractivity contribution in [3.63, 3.8) is 0 Å². The van der Waals surface area contributed by atoms with E-state index in [2.05, 4.69) is 15.1 Å². The topological polar surface area (TPSA) is 110 Å². The van der Waals surface area contributed by atoms with Gasteiger partial charge in [0, 0.05) is 57.4 Å². The molecular formula is C21H23N5O5. The Morgan fingerprint density at radius 2 is 1.65 bits per heavy atom. The monoisotopic (exact) mass is 425 g/mol. The fourth-order valence-electron chi connectivity index (χ4n) is 4.81. The summed E-state index contributed by atoms with van der Waals surface area (Å²) in [7, 11) is 0. The Bertz CT molecular complexity index is 980. The first-order valence-electron chi connectivity index (χ1n) is 10.5. The number of anilines is 1. The second-order valence-corrected chi connectivity index (χ2v) is 8.41. The number of carbonyl (C=O) groups is 5. The Morgan fingerprint density at radius 3 is 2.32 bits per heavy atom. The number of carbonyl (C=O) groups excluding carboxylic acids is 5. The van der Waals surface area contributed by atoms with Crippen LogP contribution in [0.2, 0.25) is 0 Å². The van der Waals surface area contributed by atoms with Crippen LogP contribution >= 0.6 is 0 Å². The maximum Gasteiger partial charge on any atom is 0.262 e. The number of benzene rings is 1. The molecule has 0 aromatic heterocycles. The van der Waals surface area contributed by atoms with E-state index in [1.165, 1.54) is 0 Å². The summed E-state index contributed by atoms with van der Waals surface area (Å²) in [5, 5.41) is 2.21. The van der Waals surface area contributed by atoms with E-state index in [1.54, 1.807) is 17.0 Å². The number of hydrogen-bond acceptors (Lipinski definition) is 7. The predicted octanol–water partition coefficient (Wildman–Crippen LogP) is -0.950. The van der Waals surface area contributed by atoms with Gasteiger partial charge < -0.3 is 9.80 Å². The fourth-order valence-corrected chi connectivity index (χ4v) is 4.81. The summed E-state index contributed by atoms with van der Waals surface area (Å²) in [4.78, 5) is 67.5. The largest absolute Gasteiger partial charge is 0.369 e. The van der Waals surface area contributed by atoms with E-state index in [9.17, 15) is 24.0 Å². The van der Waals surface area contributed by atoms with Crippen LogP contribution in [0.3, 0.4) is 0 Å². The summed E-state index contributed by atoms with van der Waals surface area (Å²) in [6.07, 6.45) is 1.13. The van der Waals surface area contributed by atoms with Gasteiger partial charge in [0.05, 0.1) is 11.1 Å². The second kappa shape index (κ2) is 7.45. The first-order valence-corrected chi connectivity index (χ1v) is 10.5. The highest BCUT2D eigenvalue weighted by atomic mass is 16.2. The van der Waals surface area contributed by atoms with Crippen molar-refractivity contribution < 1.29 is 24.0 Å². The number of piperidine rings is 1. The lowest BCUT2D eigenvalue weighted by atomic mass is 10.0. The van der Waals surface area contributed by atoms with Crippen LogP contribution in [-0.4, -0.2) is 96.1 Å². The fraction of sp³-hybridized carbons (Fsp3) is 0.476. The summed E-state index contributed by atoms with van der Waals surface area (Å²) in [6.45, 7) is 4.85. The zero-order chi connectivity index (χ0) is 21.7. The third-order valence-corrected chi connectivity index (χ3v) is 6.66. The van der Waals surface area contributed by atoms with Crippen molar-refractivity contribution in [1.82, 2.24) is 20.0 Å². The van der Waals surface area contributed by atoms with E-state index in [0.29, 0.717) is 17.2 Å². The van der Waals surface area contributed by atoms with Crippen LogP contribution in [0, 0.1) is 0 Å². The number of amides is 5. The van der Waals surface area contributed by atoms with Crippen LogP contribution in [0.5, 0.6) is 0 Å². The zero-order valence-corrected chi connectivity index (χ0v) is 17.0. The SMILES string of the molecule is O=CN1CC(N2CCN(c3ccc4c(c3)C(=O)N(C3CCC(=O)NC3=O)C4=O)CC2)C1. The minimum absolute atomic E-state index is 0.102. The van der Waals surface area contributed by atoms with Crippen LogP contribution in [-0.2, 0) is 14.4 Å². The van der Waals surface area contributed by atoms with Gasteiger partial charge in [-0.15, -0.1) is 0 Å². The summed E-state index contributed by atoms with van der Waals surface area (Å²) >= 11 is 0. The van der Waals surface area contributed by atoms with Gasteiger partial charge in [-0.1, -0.05) is 0 Å². The number of hydrogen-bond donors (Lipinski definition) is 1. The van der Waals surface area contributed by atoms with E-state index >= 15 is 0 Å². The molecule has 4 aliphatic rings. The molecule has 0 radical (unpaired) electrons. The summed E-state index contributed by atoms with van der Waals surface area (Å²) < 4.78 is 0. The van der Waals surface area contributed by atoms with Gasteiger partial charge in [-0.2, -0.15) is 0 Å². The van der Waals surface area contributed by atoms with Gasteiger partial charge in [0.1, 0.15) is 6.04 Å². The molecule has 3 saturated heterocycles. The van der Waals surface area contributed by atoms with Crippen molar-refractivity contribution in [3.8, 4) is 0 Å². The number of nitrogens with zero attached hydrogens (tertiary/aromatic N) is 4. The molecule has 10 heteroatoms. The average molecular weight is 425 g/mol. The first kappa shape index (κ1) is 19.7. The maximum absolute atomic E-state index is 13.0. The quantitative estimate of drug-likeness (QED) is 0.489. The molecule has 4 heterocycles. The molecule has 162 valence electrons. The maximum atomic E-state index is 13.0. The van der Waals surface area contributed by atoms with Gasteiger partial charge >= 0.3 is 0 Å². The molecule has 5 amide bonds. The molecule has 0 bridgehead atoms. The lowest BCUT2D eigenvalue weighted by molar-refractivity contribution is -0.136. The van der Waals surface area contributed by atoms with Crippen LogP contribution in [0.25, 0.3) is 0 Å². The molecule has 1 aromatic carbocycles. The molecule has 0 spiro atoms. The van der Waals surface area contributed by atoms with Crippen LogP contribution in [0.1, 0.15) is 33.6 Å². The standard InChI is InChI=1S/C21H23N5O5/c27-12-23-10-14(11-23)25-7-5-24(6-8-25)13-1-2-15-16(9-13)21(31)26(20(15)30)17-3-4-18(28)22-19(17)29/h1-2,9,12,14,17H,3-8,10-11H2,(H,22,28,29). The van der Waals surface area contributed by atoms with Crippen molar-refractivity contribution in [2.75, 3.05) is 44.2 Å². The third kappa shape index (κ3) is 3.27. The third-order valence-electron chi connectivity index (χ3n) is 6.66. The smallest absolute Gasteiger partial charge is 0.262 e. The van der Waals surface area contributed by atoms with Gasteiger partial charge in [0.2, 0.25) is 18.2 Å². The number of likely N-dealkylation sites (tertiary alicyclic amines) is 1. The van der Waals surface area contributed by atoms with E-state index in [1.807, 2.05) is 6.07 Å². The number of rotatable bonds is 4. The normalized spacial score (nSPS) is 24.9. The van der Waals surface area contributed by atoms with Gasteiger partial charge in [0.15, 0.2) is 0 Å². The van der Waals surface area contributed by atoms with Crippen molar-refractivity contribution in [3.05, 3.63) is 29.3 Å². The first-order chi connectivity index (χ1) is 15.0. The van der Waals surface area contributed by atoms with Gasteiger partial charge in [0.25, 0.3) is 11.8 Å². The van der Waals surface area contributed by atoms with E-state index < -0.39 is 23.8 Å². The van der Waals surface area contributed by atoms with Crippen LogP contribution < -0.4 is 10.2 Å². The summed E-state index contributed by atoms with van der Waals surface area (Å²) in [5.41, 5.74) is 1.46. The number of imide groups is 2. The van der Waals surface area contributed by atoms with Crippen molar-refractivity contribution >= 4 is 35.7 Å². The Kier molecular flexibility index (Phi) is 4.73. The molecule has 3 fully saturated rings. The molecule has 31 heavy (non-hydrogen) atoms. The highest BCUT2D eigenvalue weighted by Crippen LogP contribution is 2.31. The molecule has 4 aliphatic heterocycles. The molecule has 1 unspecified atom stereocenters. The summed E-state index contributed by atoms with van der Waals surface area (Å²) in [6, 6.07) is 4.68. The number of fused-ring (bicyclic) bond motifs is 1. The van der Waals surface area contributed by atoms with E-state index in [-0.39, 0.29) is 18.7 Å². The highest BCUT2D eigenvalue weighted by molar-refractivity contribution is 6.23. The lowest BCUT2D eigenvalue weighted by Gasteiger charge is -2.47. The molecular weight excluding hydrogens is 402 g/mol. The minimum Gasteiger partial charge on any atom is -0.369 e. The number of nitrogens with one attached hydrogen (secondary N) is 1. The molecule has 1 aromatic rings. The lowest BCUT2D eigenvalue weighted by Crippen LogP contribution is -2.62. The van der Waals surface area contributed by atoms with Gasteiger partial charge in [-0.3, -0.25) is 39.1 Å². The Morgan fingerprint density at radius 1 is 0.935 bits per heavy atom. The molecule has 1 atom stereocenters. The van der Waals surface area contributed by atoms with Crippen molar-refractivity contribution in [2.45, 2.75) is 24.9 Å². The molecule has 0 aliphatic carbocycles. The van der Waals surface area contributed by atoms with Crippen LogP contribution in [0.15, 0.2) is 18.2 Å².